The number of aromatic nitrogens is 3. The number of hydrogen-bond acceptors (Lipinski definition) is 11. The van der Waals surface area contributed by atoms with Crippen LogP contribution in [0.3, 0.4) is 0 Å². The number of nitrogens with one attached hydrogen (secondary N) is 1. The summed E-state index contributed by atoms with van der Waals surface area (Å²) in [5.41, 5.74) is 2.75. The van der Waals surface area contributed by atoms with Crippen LogP contribution in [0, 0.1) is 17.0 Å². The fourth-order valence-corrected chi connectivity index (χ4v) is 5.49. The Morgan fingerprint density at radius 1 is 1.05 bits per heavy atom. The highest BCUT2D eigenvalue weighted by molar-refractivity contribution is 7.87. The monoisotopic (exact) mass is 612 g/mol. The third kappa shape index (κ3) is 6.33. The molecule has 0 atom stereocenters. The van der Waals surface area contributed by atoms with E-state index < -0.39 is 15.1 Å². The van der Waals surface area contributed by atoms with Gasteiger partial charge in [-0.25, -0.2) is 13.9 Å². The van der Waals surface area contributed by atoms with Crippen molar-refractivity contribution in [1.29, 1.82) is 0 Å². The average Bonchev–Trinajstić information content (AvgIpc) is 3.35. The van der Waals surface area contributed by atoms with Gasteiger partial charge in [0.15, 0.2) is 0 Å². The summed E-state index contributed by atoms with van der Waals surface area (Å²) in [6.07, 6.45) is 3.12. The first kappa shape index (κ1) is 31.5. The number of benzene rings is 2. The first-order valence-corrected chi connectivity index (χ1v) is 14.6. The molecule has 0 amide bonds. The van der Waals surface area contributed by atoms with Gasteiger partial charge in [-0.15, -0.1) is 0 Å². The van der Waals surface area contributed by atoms with Crippen molar-refractivity contribution in [2.24, 2.45) is 0 Å². The van der Waals surface area contributed by atoms with Crippen molar-refractivity contribution in [3.8, 4) is 22.8 Å². The fraction of sp³-hybridized carbons (Fsp3) is 0.357. The zero-order chi connectivity index (χ0) is 31.6. The minimum atomic E-state index is -3.88. The molecular formula is C28H36N8O6S. The van der Waals surface area contributed by atoms with Crippen LogP contribution in [0.15, 0.2) is 42.7 Å². The molecule has 4 rings (SSSR count). The molecule has 4 aromatic rings. The van der Waals surface area contributed by atoms with Crippen LogP contribution in [-0.2, 0) is 10.2 Å². The maximum Gasteiger partial charge on any atom is 0.307 e. The predicted octanol–water partition coefficient (Wildman–Crippen LogP) is 3.73. The zero-order valence-corrected chi connectivity index (χ0v) is 26.3. The third-order valence-corrected chi connectivity index (χ3v) is 8.67. The number of ether oxygens (including phenoxy) is 2. The average molecular weight is 613 g/mol. The molecule has 2 aromatic carbocycles. The molecule has 0 fully saturated rings. The van der Waals surface area contributed by atoms with E-state index in [1.165, 1.54) is 44.6 Å². The number of hydrogen-bond donors (Lipinski definition) is 1. The van der Waals surface area contributed by atoms with Crippen molar-refractivity contribution in [2.45, 2.75) is 6.92 Å². The standard InChI is InChI=1S/C28H36N8O6S/c1-18-16-29-28(30-22-14-25(36(37)38)24(15-26(22)42-8)34(6)12-11-32(2)3)31-27(18)21-17-35(43(39,40)33(4)5)23-13-19(41-7)9-10-20(21)23/h9-10,13-17H,11-12H2,1-8H3,(H,29,30,31). The minimum Gasteiger partial charge on any atom is -0.497 e. The summed E-state index contributed by atoms with van der Waals surface area (Å²) in [4.78, 5) is 24.5. The van der Waals surface area contributed by atoms with Crippen molar-refractivity contribution >= 4 is 44.1 Å². The molecule has 2 aromatic heterocycles. The molecule has 2 heterocycles. The van der Waals surface area contributed by atoms with Crippen LogP contribution >= 0.6 is 0 Å². The molecule has 0 saturated heterocycles. The van der Waals surface area contributed by atoms with E-state index in [0.29, 0.717) is 63.7 Å². The molecule has 14 nitrogen and oxygen atoms in total. The summed E-state index contributed by atoms with van der Waals surface area (Å²) in [6.45, 7) is 3.09. The number of nitro groups is 1. The SMILES string of the molecule is COc1ccc2c(-c3nc(Nc4cc([N+](=O)[O-])c(N(C)CCN(C)C)cc4OC)ncc3C)cn(S(=O)(=O)N(C)C)c2c1. The van der Waals surface area contributed by atoms with Gasteiger partial charge in [0.05, 0.1) is 36.0 Å². The molecule has 15 heteroatoms. The van der Waals surface area contributed by atoms with Crippen LogP contribution in [0.1, 0.15) is 5.56 Å². The van der Waals surface area contributed by atoms with E-state index in [4.69, 9.17) is 14.5 Å². The highest BCUT2D eigenvalue weighted by Gasteiger charge is 2.25. The summed E-state index contributed by atoms with van der Waals surface area (Å²) in [5.74, 6) is 1.01. The second kappa shape index (κ2) is 12.4. The maximum absolute atomic E-state index is 13.2. The molecule has 43 heavy (non-hydrogen) atoms. The fourth-order valence-electron chi connectivity index (χ4n) is 4.50. The second-order valence-electron chi connectivity index (χ2n) is 10.4. The van der Waals surface area contributed by atoms with Gasteiger partial charge in [0.1, 0.15) is 17.2 Å². The van der Waals surface area contributed by atoms with Gasteiger partial charge in [-0.3, -0.25) is 10.1 Å². The highest BCUT2D eigenvalue weighted by Crippen LogP contribution is 2.40. The molecule has 230 valence electrons. The van der Waals surface area contributed by atoms with E-state index in [2.05, 4.69) is 10.3 Å². The summed E-state index contributed by atoms with van der Waals surface area (Å²) in [6, 6.07) is 8.17. The van der Waals surface area contributed by atoms with Crippen LogP contribution in [0.2, 0.25) is 0 Å². The lowest BCUT2D eigenvalue weighted by Gasteiger charge is -2.22. The Bertz CT molecular complexity index is 1770. The van der Waals surface area contributed by atoms with E-state index in [9.17, 15) is 18.5 Å². The first-order valence-electron chi connectivity index (χ1n) is 13.2. The molecule has 0 spiro atoms. The molecular weight excluding hydrogens is 576 g/mol. The van der Waals surface area contributed by atoms with Gasteiger partial charge in [-0.2, -0.15) is 12.7 Å². The normalized spacial score (nSPS) is 11.8. The lowest BCUT2D eigenvalue weighted by atomic mass is 10.1. The Morgan fingerprint density at radius 3 is 2.37 bits per heavy atom. The topological polar surface area (TPSA) is 148 Å². The van der Waals surface area contributed by atoms with E-state index in [0.717, 1.165) is 4.31 Å². The van der Waals surface area contributed by atoms with Gasteiger partial charge < -0.3 is 24.6 Å². The van der Waals surface area contributed by atoms with Gasteiger partial charge in [-0.05, 0) is 38.7 Å². The van der Waals surface area contributed by atoms with Gasteiger partial charge >= 0.3 is 10.2 Å². The van der Waals surface area contributed by atoms with Crippen molar-refractivity contribution in [3.63, 3.8) is 0 Å². The number of aryl methyl sites for hydroxylation is 1. The molecule has 0 radical (unpaired) electrons. The van der Waals surface area contributed by atoms with Crippen LogP contribution in [0.4, 0.5) is 23.0 Å². The van der Waals surface area contributed by atoms with Gasteiger partial charge in [-0.1, -0.05) is 0 Å². The van der Waals surface area contributed by atoms with Crippen molar-refractivity contribution in [2.75, 3.05) is 72.8 Å². The molecule has 0 aliphatic rings. The zero-order valence-electron chi connectivity index (χ0n) is 25.4. The van der Waals surface area contributed by atoms with Crippen LogP contribution in [0.25, 0.3) is 22.2 Å². The predicted molar refractivity (Wildman–Crippen MR) is 167 cm³/mol. The first-order chi connectivity index (χ1) is 20.3. The summed E-state index contributed by atoms with van der Waals surface area (Å²) >= 11 is 0. The van der Waals surface area contributed by atoms with Crippen molar-refractivity contribution in [1.82, 2.24) is 23.1 Å². The third-order valence-electron chi connectivity index (χ3n) is 6.95. The number of likely N-dealkylation sites (N-methyl/N-ethyl adjacent to an activating group) is 2. The maximum atomic E-state index is 13.2. The molecule has 0 aliphatic carbocycles. The molecule has 0 unspecified atom stereocenters. The molecule has 0 aliphatic heterocycles. The Hall–Kier alpha value is -4.47. The second-order valence-corrected chi connectivity index (χ2v) is 12.4. The lowest BCUT2D eigenvalue weighted by Crippen LogP contribution is -2.28. The lowest BCUT2D eigenvalue weighted by molar-refractivity contribution is -0.384. The van der Waals surface area contributed by atoms with E-state index in [1.54, 1.807) is 42.4 Å². The van der Waals surface area contributed by atoms with Gasteiger partial charge in [0, 0.05) is 75.8 Å². The summed E-state index contributed by atoms with van der Waals surface area (Å²) in [7, 11) is 7.67. The van der Waals surface area contributed by atoms with Crippen molar-refractivity contribution in [3.05, 3.63) is 58.4 Å². The number of rotatable bonds is 12. The van der Waals surface area contributed by atoms with Crippen LogP contribution in [0.5, 0.6) is 11.5 Å². The Morgan fingerprint density at radius 2 is 1.77 bits per heavy atom. The van der Waals surface area contributed by atoms with E-state index in [-0.39, 0.29) is 11.6 Å². The van der Waals surface area contributed by atoms with Crippen molar-refractivity contribution < 1.29 is 22.8 Å². The van der Waals surface area contributed by atoms with E-state index in [1.807, 2.05) is 25.9 Å². The quantitative estimate of drug-likeness (QED) is 0.184. The smallest absolute Gasteiger partial charge is 0.307 e. The number of fused-ring (bicyclic) bond motifs is 1. The van der Waals surface area contributed by atoms with E-state index >= 15 is 0 Å². The largest absolute Gasteiger partial charge is 0.497 e. The number of methoxy groups -OCH3 is 2. The van der Waals surface area contributed by atoms with Crippen LogP contribution < -0.4 is 19.7 Å². The molecule has 0 saturated carbocycles. The van der Waals surface area contributed by atoms with Crippen LogP contribution in [-0.4, -0.2) is 99.0 Å². The molecule has 1 N–H and O–H groups in total. The highest BCUT2D eigenvalue weighted by atomic mass is 32.2. The number of anilines is 3. The number of nitro benzene ring substituents is 1. The van der Waals surface area contributed by atoms with Gasteiger partial charge in [0.25, 0.3) is 5.69 Å². The van der Waals surface area contributed by atoms with Gasteiger partial charge in [0.2, 0.25) is 5.95 Å². The minimum absolute atomic E-state index is 0.109. The number of nitrogens with zero attached hydrogens (tertiary/aromatic N) is 7. The molecule has 0 bridgehead atoms. The Balaban J connectivity index is 1.82. The Labute approximate surface area is 250 Å². The summed E-state index contributed by atoms with van der Waals surface area (Å²) in [5, 5.41) is 15.8. The Kier molecular flexibility index (Phi) is 9.08. The summed E-state index contributed by atoms with van der Waals surface area (Å²) < 4.78 is 39.7.